The Labute approximate surface area is 205 Å². The molecule has 168 valence electrons. The molecule has 0 spiro atoms. The van der Waals surface area contributed by atoms with Crippen LogP contribution >= 0.6 is 0 Å². The van der Waals surface area contributed by atoms with Crippen molar-refractivity contribution >= 4 is 51.9 Å². The average Bonchev–Trinajstić information content (AvgIpc) is 2.71. The van der Waals surface area contributed by atoms with Crippen LogP contribution in [-0.4, -0.2) is 90.8 Å². The van der Waals surface area contributed by atoms with Crippen molar-refractivity contribution in [1.29, 1.82) is 0 Å². The van der Waals surface area contributed by atoms with Crippen LogP contribution in [0.1, 0.15) is 45.6 Å². The normalized spacial score (nSPS) is 21.6. The summed E-state index contributed by atoms with van der Waals surface area (Å²) >= 11 is 0. The number of aliphatic hydroxyl groups excluding tert-OH is 1. The molecule has 0 heterocycles. The summed E-state index contributed by atoms with van der Waals surface area (Å²) in [5, 5.41) is 10.8. The fourth-order valence-electron chi connectivity index (χ4n) is 3.27. The van der Waals surface area contributed by atoms with Gasteiger partial charge in [-0.3, -0.25) is 9.55 Å². The second-order valence-corrected chi connectivity index (χ2v) is 8.39. The van der Waals surface area contributed by atoms with Crippen molar-refractivity contribution < 1.29 is 32.3 Å². The van der Waals surface area contributed by atoms with Gasteiger partial charge in [0.2, 0.25) is 0 Å². The number of carbonyl (C=O) groups is 1. The van der Waals surface area contributed by atoms with Crippen molar-refractivity contribution in [2.45, 2.75) is 69.3 Å². The van der Waals surface area contributed by atoms with Crippen LogP contribution in [0.4, 0.5) is 0 Å². The number of hydrogen-bond donors (Lipinski definition) is 2. The van der Waals surface area contributed by atoms with Gasteiger partial charge in [0, 0.05) is 23.8 Å². The monoisotopic (exact) mass is 463 g/mol. The van der Waals surface area contributed by atoms with Gasteiger partial charge in [0.25, 0.3) is 10.1 Å². The quantitative estimate of drug-likeness (QED) is 0.248. The molecule has 31 heavy (non-hydrogen) atoms. The first-order valence-corrected chi connectivity index (χ1v) is 11.5. The average molecular weight is 464 g/mol. The molecule has 0 bridgehead atoms. The number of rotatable bonds is 9. The van der Waals surface area contributed by atoms with E-state index in [9.17, 15) is 22.9 Å². The SMILES string of the molecule is CCOC(=O)C1=CC(OC(CC)CC)C(O)C(N=Cc2ccccc2S(=O)(=O)O)C1.[NaH]. The molecule has 3 unspecified atom stereocenters. The summed E-state index contributed by atoms with van der Waals surface area (Å²) < 4.78 is 43.6. The van der Waals surface area contributed by atoms with Crippen molar-refractivity contribution in [3.63, 3.8) is 0 Å². The van der Waals surface area contributed by atoms with Gasteiger partial charge < -0.3 is 14.6 Å². The van der Waals surface area contributed by atoms with Crippen LogP contribution in [0.2, 0.25) is 0 Å². The van der Waals surface area contributed by atoms with Gasteiger partial charge in [-0.1, -0.05) is 32.0 Å². The summed E-state index contributed by atoms with van der Waals surface area (Å²) in [4.78, 5) is 16.3. The predicted molar refractivity (Wildman–Crippen MR) is 119 cm³/mol. The Balaban J connectivity index is 0.00000480. The van der Waals surface area contributed by atoms with Crippen LogP contribution in [0.15, 0.2) is 45.8 Å². The molecule has 0 radical (unpaired) electrons. The Hall–Kier alpha value is -1.07. The van der Waals surface area contributed by atoms with Crippen molar-refractivity contribution in [3.8, 4) is 0 Å². The number of nitrogens with zero attached hydrogens (tertiary/aromatic N) is 1. The second kappa shape index (κ2) is 12.8. The van der Waals surface area contributed by atoms with Crippen LogP contribution in [-0.2, 0) is 24.4 Å². The van der Waals surface area contributed by atoms with Gasteiger partial charge in [-0.2, -0.15) is 8.42 Å². The van der Waals surface area contributed by atoms with E-state index in [2.05, 4.69) is 4.99 Å². The fraction of sp³-hybridized carbons (Fsp3) is 0.524. The third-order valence-corrected chi connectivity index (χ3v) is 5.85. The molecule has 1 aliphatic rings. The van der Waals surface area contributed by atoms with E-state index in [1.54, 1.807) is 19.1 Å². The number of ether oxygens (including phenoxy) is 2. The Morgan fingerprint density at radius 2 is 1.90 bits per heavy atom. The summed E-state index contributed by atoms with van der Waals surface area (Å²) in [6.07, 6.45) is 2.61. The summed E-state index contributed by atoms with van der Waals surface area (Å²) in [7, 11) is -4.43. The molecular formula is C21H30NNaO7S. The summed E-state index contributed by atoms with van der Waals surface area (Å²) in [6, 6.07) is 5.09. The molecule has 2 N–H and O–H groups in total. The van der Waals surface area contributed by atoms with E-state index in [1.807, 2.05) is 13.8 Å². The van der Waals surface area contributed by atoms with Gasteiger partial charge in [-0.25, -0.2) is 4.79 Å². The first-order valence-electron chi connectivity index (χ1n) is 10.0. The zero-order valence-electron chi connectivity index (χ0n) is 17.4. The molecule has 0 aromatic heterocycles. The van der Waals surface area contributed by atoms with E-state index in [-0.39, 0.29) is 59.1 Å². The van der Waals surface area contributed by atoms with Gasteiger partial charge in [0.05, 0.1) is 18.8 Å². The summed E-state index contributed by atoms with van der Waals surface area (Å²) in [6.45, 7) is 5.87. The van der Waals surface area contributed by atoms with E-state index in [4.69, 9.17) is 9.47 Å². The molecule has 1 aliphatic carbocycles. The number of esters is 1. The van der Waals surface area contributed by atoms with Crippen molar-refractivity contribution in [3.05, 3.63) is 41.5 Å². The molecule has 0 amide bonds. The Kier molecular flexibility index (Phi) is 11.6. The number of carbonyl (C=O) groups excluding carboxylic acids is 1. The zero-order chi connectivity index (χ0) is 22.3. The molecule has 2 rings (SSSR count). The third-order valence-electron chi connectivity index (χ3n) is 4.93. The van der Waals surface area contributed by atoms with Crippen LogP contribution in [0.5, 0.6) is 0 Å². The first-order chi connectivity index (χ1) is 14.2. The van der Waals surface area contributed by atoms with Gasteiger partial charge in [-0.15, -0.1) is 0 Å². The molecule has 3 atom stereocenters. The third kappa shape index (κ3) is 7.78. The maximum atomic E-state index is 12.3. The Bertz CT molecular complexity index is 897. The second-order valence-electron chi connectivity index (χ2n) is 7.00. The summed E-state index contributed by atoms with van der Waals surface area (Å²) in [5.41, 5.74) is 0.528. The molecule has 0 fully saturated rings. The molecular weight excluding hydrogens is 433 g/mol. The number of hydrogen-bond acceptors (Lipinski definition) is 7. The molecule has 10 heteroatoms. The van der Waals surface area contributed by atoms with E-state index >= 15 is 0 Å². The molecule has 8 nitrogen and oxygen atoms in total. The van der Waals surface area contributed by atoms with Crippen molar-refractivity contribution in [2.75, 3.05) is 6.61 Å². The zero-order valence-corrected chi connectivity index (χ0v) is 18.2. The molecule has 0 saturated carbocycles. The predicted octanol–water partition coefficient (Wildman–Crippen LogP) is 1.90. The number of aliphatic hydroxyl groups is 1. The molecule has 1 aromatic carbocycles. The van der Waals surface area contributed by atoms with E-state index in [0.29, 0.717) is 5.57 Å². The maximum absolute atomic E-state index is 12.3. The number of benzene rings is 1. The van der Waals surface area contributed by atoms with Gasteiger partial charge >= 0.3 is 35.5 Å². The molecule has 0 saturated heterocycles. The van der Waals surface area contributed by atoms with Crippen LogP contribution in [0.3, 0.4) is 0 Å². The van der Waals surface area contributed by atoms with Crippen LogP contribution < -0.4 is 0 Å². The van der Waals surface area contributed by atoms with E-state index in [0.717, 1.165) is 12.8 Å². The topological polar surface area (TPSA) is 122 Å². The van der Waals surface area contributed by atoms with Gasteiger partial charge in [0.1, 0.15) is 17.1 Å². The first kappa shape index (κ1) is 28.0. The molecule has 0 aliphatic heterocycles. The minimum absolute atomic E-state index is 0. The Morgan fingerprint density at radius 1 is 1.26 bits per heavy atom. The minimum atomic E-state index is -4.43. The van der Waals surface area contributed by atoms with Gasteiger partial charge in [-0.05, 0) is 31.9 Å². The summed E-state index contributed by atoms with van der Waals surface area (Å²) in [5.74, 6) is -0.499. The standard InChI is InChI=1S/C21H29NO7S.Na.H/c1-4-16(5-2)29-18-12-15(21(24)28-6-3)11-17(20(18)23)22-13-14-9-7-8-10-19(14)30(25,26)27;;/h7-10,12-13,16-18,20,23H,4-6,11H2,1-3H3,(H,25,26,27);;. The van der Waals surface area contributed by atoms with E-state index in [1.165, 1.54) is 24.4 Å². The van der Waals surface area contributed by atoms with E-state index < -0.39 is 34.3 Å². The Morgan fingerprint density at radius 3 is 2.48 bits per heavy atom. The van der Waals surface area contributed by atoms with Crippen LogP contribution in [0.25, 0.3) is 0 Å². The van der Waals surface area contributed by atoms with Gasteiger partial charge in [0.15, 0.2) is 0 Å². The van der Waals surface area contributed by atoms with Crippen LogP contribution in [0, 0.1) is 0 Å². The fourth-order valence-corrected chi connectivity index (χ4v) is 3.94. The van der Waals surface area contributed by atoms with Crippen molar-refractivity contribution in [2.24, 2.45) is 4.99 Å². The molecule has 1 aromatic rings. The van der Waals surface area contributed by atoms with Crippen molar-refractivity contribution in [1.82, 2.24) is 0 Å². The number of aliphatic imine (C=N–C) groups is 1.